The third-order valence-corrected chi connectivity index (χ3v) is 2.55. The van der Waals surface area contributed by atoms with Crippen LogP contribution in [0, 0.1) is 0 Å². The van der Waals surface area contributed by atoms with Gasteiger partial charge in [0.2, 0.25) is 5.91 Å². The summed E-state index contributed by atoms with van der Waals surface area (Å²) in [5, 5.41) is 4.85. The number of ether oxygens (including phenoxy) is 2. The predicted octanol–water partition coefficient (Wildman–Crippen LogP) is 0.969. The average Bonchev–Trinajstić information content (AvgIpc) is 2.33. The Hall–Kier alpha value is -1.79. The lowest BCUT2D eigenvalue weighted by Crippen LogP contribution is -2.54. The molecule has 116 valence electrons. The van der Waals surface area contributed by atoms with E-state index in [2.05, 4.69) is 15.4 Å². The number of carbonyl (C=O) groups excluding carboxylic acids is 3. The van der Waals surface area contributed by atoms with E-state index in [4.69, 9.17) is 4.74 Å². The van der Waals surface area contributed by atoms with Gasteiger partial charge in [-0.2, -0.15) is 0 Å². The molecule has 0 fully saturated rings. The molecule has 0 radical (unpaired) electrons. The number of hydrogen-bond acceptors (Lipinski definition) is 5. The fraction of sp³-hybridized carbons (Fsp3) is 0.769. The molecular weight excluding hydrogens is 264 g/mol. The van der Waals surface area contributed by atoms with Crippen LogP contribution in [0.25, 0.3) is 0 Å². The topological polar surface area (TPSA) is 93.7 Å². The van der Waals surface area contributed by atoms with E-state index in [-0.39, 0.29) is 6.54 Å². The zero-order valence-electron chi connectivity index (χ0n) is 13.0. The van der Waals surface area contributed by atoms with Crippen molar-refractivity contribution in [3.05, 3.63) is 0 Å². The second-order valence-electron chi connectivity index (χ2n) is 5.58. The third-order valence-electron chi connectivity index (χ3n) is 2.55. The van der Waals surface area contributed by atoms with E-state index in [1.165, 1.54) is 7.11 Å². The van der Waals surface area contributed by atoms with E-state index in [1.807, 2.05) is 0 Å². The summed E-state index contributed by atoms with van der Waals surface area (Å²) in [7, 11) is 1.25. The second-order valence-corrected chi connectivity index (χ2v) is 5.58. The van der Waals surface area contributed by atoms with Gasteiger partial charge in [0.05, 0.1) is 7.11 Å². The first-order valence-corrected chi connectivity index (χ1v) is 6.40. The van der Waals surface area contributed by atoms with Crippen LogP contribution in [-0.4, -0.2) is 42.8 Å². The van der Waals surface area contributed by atoms with Crippen LogP contribution < -0.4 is 10.6 Å². The van der Waals surface area contributed by atoms with Crippen molar-refractivity contribution in [1.29, 1.82) is 0 Å². The smallest absolute Gasteiger partial charge is 0.408 e. The van der Waals surface area contributed by atoms with Gasteiger partial charge in [-0.15, -0.1) is 0 Å². The van der Waals surface area contributed by atoms with Crippen molar-refractivity contribution >= 4 is 18.0 Å². The Morgan fingerprint density at radius 2 is 1.65 bits per heavy atom. The molecule has 0 rings (SSSR count). The standard InChI is InChI=1S/C13H24N2O5/c1-7-13(5,10(17)19-6)15-9(16)8-14-11(18)20-12(2,3)4/h7-8H2,1-6H3,(H,14,18)(H,15,16). The second kappa shape index (κ2) is 7.12. The fourth-order valence-electron chi connectivity index (χ4n) is 1.33. The number of nitrogens with one attached hydrogen (secondary N) is 2. The first kappa shape index (κ1) is 18.2. The van der Waals surface area contributed by atoms with Gasteiger partial charge in [-0.05, 0) is 34.1 Å². The monoisotopic (exact) mass is 288 g/mol. The van der Waals surface area contributed by atoms with Gasteiger partial charge < -0.3 is 20.1 Å². The Labute approximate surface area is 119 Å². The number of alkyl carbamates (subject to hydrolysis) is 1. The fourth-order valence-corrected chi connectivity index (χ4v) is 1.33. The first-order chi connectivity index (χ1) is 9.04. The molecule has 0 aliphatic heterocycles. The Morgan fingerprint density at radius 1 is 1.10 bits per heavy atom. The van der Waals surface area contributed by atoms with E-state index >= 15 is 0 Å². The molecule has 0 aromatic carbocycles. The van der Waals surface area contributed by atoms with Gasteiger partial charge >= 0.3 is 12.1 Å². The molecule has 0 aliphatic carbocycles. The summed E-state index contributed by atoms with van der Waals surface area (Å²) in [4.78, 5) is 34.7. The van der Waals surface area contributed by atoms with Crippen LogP contribution >= 0.6 is 0 Å². The van der Waals surface area contributed by atoms with Crippen molar-refractivity contribution in [2.24, 2.45) is 0 Å². The van der Waals surface area contributed by atoms with E-state index in [0.29, 0.717) is 6.42 Å². The molecule has 1 unspecified atom stereocenters. The van der Waals surface area contributed by atoms with Crippen molar-refractivity contribution in [3.8, 4) is 0 Å². The summed E-state index contributed by atoms with van der Waals surface area (Å²) in [6, 6.07) is 0. The highest BCUT2D eigenvalue weighted by molar-refractivity contribution is 5.89. The summed E-state index contributed by atoms with van der Waals surface area (Å²) < 4.78 is 9.62. The van der Waals surface area contributed by atoms with E-state index in [0.717, 1.165) is 0 Å². The van der Waals surface area contributed by atoms with Crippen molar-refractivity contribution < 1.29 is 23.9 Å². The van der Waals surface area contributed by atoms with Gasteiger partial charge in [0, 0.05) is 0 Å². The van der Waals surface area contributed by atoms with Gasteiger partial charge in [0.25, 0.3) is 0 Å². The van der Waals surface area contributed by atoms with Crippen LogP contribution in [0.1, 0.15) is 41.0 Å². The molecule has 0 saturated heterocycles. The molecule has 7 heteroatoms. The highest BCUT2D eigenvalue weighted by Crippen LogP contribution is 2.11. The third kappa shape index (κ3) is 6.40. The van der Waals surface area contributed by atoms with E-state index in [9.17, 15) is 14.4 Å². The minimum atomic E-state index is -1.11. The number of hydrogen-bond donors (Lipinski definition) is 2. The number of rotatable bonds is 5. The molecule has 0 aliphatic rings. The van der Waals surface area contributed by atoms with Crippen LogP contribution in [0.15, 0.2) is 0 Å². The molecule has 20 heavy (non-hydrogen) atoms. The summed E-state index contributed by atoms with van der Waals surface area (Å²) in [6.07, 6.45) is -0.318. The van der Waals surface area contributed by atoms with Gasteiger partial charge in [-0.3, -0.25) is 4.79 Å². The molecule has 0 spiro atoms. The zero-order valence-corrected chi connectivity index (χ0v) is 13.0. The van der Waals surface area contributed by atoms with Crippen LogP contribution in [0.4, 0.5) is 4.79 Å². The van der Waals surface area contributed by atoms with Crippen LogP contribution in [0.3, 0.4) is 0 Å². The molecule has 0 bridgehead atoms. The SMILES string of the molecule is CCC(C)(NC(=O)CNC(=O)OC(C)(C)C)C(=O)OC. The molecule has 2 N–H and O–H groups in total. The normalized spacial score (nSPS) is 13.9. The summed E-state index contributed by atoms with van der Waals surface area (Å²) >= 11 is 0. The molecule has 2 amide bonds. The molecule has 0 aromatic rings. The quantitative estimate of drug-likeness (QED) is 0.735. The van der Waals surface area contributed by atoms with Gasteiger partial charge in [-0.25, -0.2) is 9.59 Å². The highest BCUT2D eigenvalue weighted by atomic mass is 16.6. The van der Waals surface area contributed by atoms with E-state index < -0.39 is 29.1 Å². The Kier molecular flexibility index (Phi) is 6.48. The van der Waals surface area contributed by atoms with Crippen LogP contribution in [0.5, 0.6) is 0 Å². The highest BCUT2D eigenvalue weighted by Gasteiger charge is 2.34. The van der Waals surface area contributed by atoms with Gasteiger partial charge in [0.1, 0.15) is 17.7 Å². The molecule has 0 heterocycles. The summed E-state index contributed by atoms with van der Waals surface area (Å²) in [6.45, 7) is 8.19. The maximum Gasteiger partial charge on any atom is 0.408 e. The molecule has 7 nitrogen and oxygen atoms in total. The lowest BCUT2D eigenvalue weighted by Gasteiger charge is -2.26. The first-order valence-electron chi connectivity index (χ1n) is 6.40. The lowest BCUT2D eigenvalue weighted by molar-refractivity contribution is -0.150. The maximum atomic E-state index is 11.7. The van der Waals surface area contributed by atoms with Crippen molar-refractivity contribution in [3.63, 3.8) is 0 Å². The van der Waals surface area contributed by atoms with Gasteiger partial charge in [-0.1, -0.05) is 6.92 Å². The molecule has 0 saturated carbocycles. The number of methoxy groups -OCH3 is 1. The van der Waals surface area contributed by atoms with Gasteiger partial charge in [0.15, 0.2) is 0 Å². The summed E-state index contributed by atoms with van der Waals surface area (Å²) in [5.74, 6) is -1.03. The van der Waals surface area contributed by atoms with Crippen LogP contribution in [-0.2, 0) is 19.1 Å². The van der Waals surface area contributed by atoms with Crippen molar-refractivity contribution in [2.75, 3.05) is 13.7 Å². The Balaban J connectivity index is 4.36. The maximum absolute atomic E-state index is 11.7. The number of esters is 1. The lowest BCUT2D eigenvalue weighted by atomic mass is 9.99. The van der Waals surface area contributed by atoms with Crippen LogP contribution in [0.2, 0.25) is 0 Å². The Bertz CT molecular complexity index is 375. The minimum absolute atomic E-state index is 0.276. The summed E-state index contributed by atoms with van der Waals surface area (Å²) in [5.41, 5.74) is -1.74. The molecular formula is C13H24N2O5. The molecule has 0 aromatic heterocycles. The largest absolute Gasteiger partial charge is 0.467 e. The molecule has 1 atom stereocenters. The van der Waals surface area contributed by atoms with E-state index in [1.54, 1.807) is 34.6 Å². The van der Waals surface area contributed by atoms with Crippen molar-refractivity contribution in [2.45, 2.75) is 52.2 Å². The minimum Gasteiger partial charge on any atom is -0.467 e. The van der Waals surface area contributed by atoms with Crippen molar-refractivity contribution in [1.82, 2.24) is 10.6 Å². The Morgan fingerprint density at radius 3 is 2.05 bits per heavy atom. The predicted molar refractivity (Wildman–Crippen MR) is 73.1 cm³/mol. The number of carbonyl (C=O) groups is 3. The zero-order chi connectivity index (χ0) is 16.0. The number of amides is 2. The average molecular weight is 288 g/mol.